The molecule has 0 spiro atoms. The number of hydrogen-bond acceptors (Lipinski definition) is 2. The summed E-state index contributed by atoms with van der Waals surface area (Å²) in [4.78, 5) is 11.7. The lowest BCUT2D eigenvalue weighted by molar-refractivity contribution is -0.137. The highest BCUT2D eigenvalue weighted by Gasteiger charge is 2.30. The van der Waals surface area contributed by atoms with E-state index in [2.05, 4.69) is 10.6 Å². The molecule has 0 radical (unpaired) electrons. The highest BCUT2D eigenvalue weighted by Crippen LogP contribution is 2.30. The van der Waals surface area contributed by atoms with E-state index >= 15 is 0 Å². The number of hydrogen-bond donors (Lipinski definition) is 2. The summed E-state index contributed by atoms with van der Waals surface area (Å²) in [6.45, 7) is 0.00319. The molecule has 0 saturated heterocycles. The average molecular weight is 344 g/mol. The maximum Gasteiger partial charge on any atom is 0.416 e. The fourth-order valence-corrected chi connectivity index (χ4v) is 1.95. The molecule has 24 heavy (non-hydrogen) atoms. The molecule has 3 nitrogen and oxygen atoms in total. The summed E-state index contributed by atoms with van der Waals surface area (Å²) >= 11 is 0. The second kappa shape index (κ2) is 7.29. The summed E-state index contributed by atoms with van der Waals surface area (Å²) in [6.07, 6.45) is -4.64. The fourth-order valence-electron chi connectivity index (χ4n) is 1.95. The van der Waals surface area contributed by atoms with E-state index in [9.17, 15) is 26.7 Å². The van der Waals surface area contributed by atoms with Crippen molar-refractivity contribution in [2.24, 2.45) is 0 Å². The molecule has 0 aliphatic heterocycles. The van der Waals surface area contributed by atoms with Crippen molar-refractivity contribution in [3.8, 4) is 0 Å². The molecule has 0 saturated carbocycles. The van der Waals surface area contributed by atoms with Crippen molar-refractivity contribution in [1.82, 2.24) is 0 Å². The molecule has 2 aromatic rings. The molecule has 128 valence electrons. The number of amides is 1. The third kappa shape index (κ3) is 4.68. The van der Waals surface area contributed by atoms with Gasteiger partial charge in [0.2, 0.25) is 5.91 Å². The molecule has 1 amide bonds. The molecule has 0 aliphatic carbocycles. The highest BCUT2D eigenvalue weighted by atomic mass is 19.4. The zero-order valence-corrected chi connectivity index (χ0v) is 12.3. The van der Waals surface area contributed by atoms with Gasteiger partial charge in [0, 0.05) is 18.7 Å². The van der Waals surface area contributed by atoms with Gasteiger partial charge in [-0.05, 0) is 30.3 Å². The SMILES string of the molecule is O=C(CCNc1cccc(C(F)(F)F)c1)Nc1c(F)cccc1F. The minimum absolute atomic E-state index is 0.00319. The fraction of sp³-hybridized carbons (Fsp3) is 0.188. The zero-order valence-electron chi connectivity index (χ0n) is 12.3. The van der Waals surface area contributed by atoms with Gasteiger partial charge in [-0.1, -0.05) is 12.1 Å². The Morgan fingerprint density at radius 3 is 2.25 bits per heavy atom. The van der Waals surface area contributed by atoms with Crippen molar-refractivity contribution in [1.29, 1.82) is 0 Å². The maximum atomic E-state index is 13.4. The van der Waals surface area contributed by atoms with Crippen molar-refractivity contribution >= 4 is 17.3 Å². The minimum Gasteiger partial charge on any atom is -0.385 e. The van der Waals surface area contributed by atoms with Crippen LogP contribution in [0.2, 0.25) is 0 Å². The number of benzene rings is 2. The third-order valence-corrected chi connectivity index (χ3v) is 3.10. The van der Waals surface area contributed by atoms with E-state index in [-0.39, 0.29) is 18.7 Å². The van der Waals surface area contributed by atoms with Crippen LogP contribution in [0.3, 0.4) is 0 Å². The summed E-state index contributed by atoms with van der Waals surface area (Å²) < 4.78 is 64.5. The summed E-state index contributed by atoms with van der Waals surface area (Å²) in [5.74, 6) is -2.48. The summed E-state index contributed by atoms with van der Waals surface area (Å²) in [6, 6.07) is 7.66. The topological polar surface area (TPSA) is 41.1 Å². The molecule has 2 N–H and O–H groups in total. The number of alkyl halides is 3. The predicted molar refractivity (Wildman–Crippen MR) is 79.5 cm³/mol. The number of halogens is 5. The molecule has 2 aromatic carbocycles. The Hall–Kier alpha value is -2.64. The Morgan fingerprint density at radius 1 is 1.00 bits per heavy atom. The first kappa shape index (κ1) is 17.7. The van der Waals surface area contributed by atoms with E-state index in [1.807, 2.05) is 0 Å². The Bertz CT molecular complexity index is 710. The number of carbonyl (C=O) groups excluding carboxylic acids is 1. The first-order valence-electron chi connectivity index (χ1n) is 6.92. The van der Waals surface area contributed by atoms with Crippen molar-refractivity contribution in [2.45, 2.75) is 12.6 Å². The van der Waals surface area contributed by atoms with Crippen molar-refractivity contribution in [3.05, 3.63) is 59.7 Å². The minimum atomic E-state index is -4.46. The van der Waals surface area contributed by atoms with Crippen LogP contribution >= 0.6 is 0 Å². The predicted octanol–water partition coefficient (Wildman–Crippen LogP) is 4.42. The van der Waals surface area contributed by atoms with Gasteiger partial charge in [0.25, 0.3) is 0 Å². The Balaban J connectivity index is 1.89. The number of rotatable bonds is 5. The normalized spacial score (nSPS) is 11.2. The van der Waals surface area contributed by atoms with Crippen LogP contribution in [0, 0.1) is 11.6 Å². The summed E-state index contributed by atoms with van der Waals surface area (Å²) in [5.41, 5.74) is -1.18. The van der Waals surface area contributed by atoms with Gasteiger partial charge in [-0.25, -0.2) is 8.78 Å². The highest BCUT2D eigenvalue weighted by molar-refractivity contribution is 5.91. The Labute approximate surface area is 134 Å². The Morgan fingerprint density at radius 2 is 1.62 bits per heavy atom. The van der Waals surface area contributed by atoms with E-state index in [1.54, 1.807) is 0 Å². The average Bonchev–Trinajstić information content (AvgIpc) is 2.51. The number of anilines is 2. The van der Waals surface area contributed by atoms with Gasteiger partial charge < -0.3 is 10.6 Å². The van der Waals surface area contributed by atoms with E-state index in [0.29, 0.717) is 0 Å². The van der Waals surface area contributed by atoms with Crippen LogP contribution in [0.4, 0.5) is 33.3 Å². The van der Waals surface area contributed by atoms with Crippen LogP contribution in [0.1, 0.15) is 12.0 Å². The van der Waals surface area contributed by atoms with Gasteiger partial charge in [0.05, 0.1) is 5.56 Å². The molecule has 0 aromatic heterocycles. The van der Waals surface area contributed by atoms with Crippen molar-refractivity contribution in [3.63, 3.8) is 0 Å². The second-order valence-corrected chi connectivity index (χ2v) is 4.90. The van der Waals surface area contributed by atoms with E-state index in [0.717, 1.165) is 30.3 Å². The lowest BCUT2D eigenvalue weighted by Crippen LogP contribution is -2.18. The monoisotopic (exact) mass is 344 g/mol. The van der Waals surface area contributed by atoms with Crippen LogP contribution in [-0.2, 0) is 11.0 Å². The first-order valence-corrected chi connectivity index (χ1v) is 6.92. The molecule has 0 bridgehead atoms. The molecule has 0 heterocycles. The van der Waals surface area contributed by atoms with Crippen LogP contribution in [0.15, 0.2) is 42.5 Å². The summed E-state index contributed by atoms with van der Waals surface area (Å²) in [5, 5.41) is 4.75. The van der Waals surface area contributed by atoms with Crippen molar-refractivity contribution < 1.29 is 26.7 Å². The number of para-hydroxylation sites is 1. The zero-order chi connectivity index (χ0) is 17.7. The molecule has 0 aliphatic rings. The largest absolute Gasteiger partial charge is 0.416 e. The summed E-state index contributed by atoms with van der Waals surface area (Å²) in [7, 11) is 0. The quantitative estimate of drug-likeness (QED) is 0.788. The maximum absolute atomic E-state index is 13.4. The molecule has 0 fully saturated rings. The van der Waals surface area contributed by atoms with Gasteiger partial charge in [0.1, 0.15) is 17.3 Å². The lowest BCUT2D eigenvalue weighted by Gasteiger charge is -2.11. The molecule has 0 atom stereocenters. The van der Waals surface area contributed by atoms with Crippen LogP contribution in [0.5, 0.6) is 0 Å². The molecule has 0 unspecified atom stereocenters. The van der Waals surface area contributed by atoms with Gasteiger partial charge in [-0.2, -0.15) is 13.2 Å². The molecular formula is C16H13F5N2O. The molecular weight excluding hydrogens is 331 g/mol. The molecule has 8 heteroatoms. The van der Waals surface area contributed by atoms with Crippen LogP contribution < -0.4 is 10.6 Å². The first-order chi connectivity index (χ1) is 11.3. The van der Waals surface area contributed by atoms with Crippen LogP contribution in [0.25, 0.3) is 0 Å². The van der Waals surface area contributed by atoms with Gasteiger partial charge in [0.15, 0.2) is 0 Å². The Kier molecular flexibility index (Phi) is 5.38. The van der Waals surface area contributed by atoms with E-state index in [1.165, 1.54) is 12.1 Å². The lowest BCUT2D eigenvalue weighted by atomic mass is 10.2. The van der Waals surface area contributed by atoms with Gasteiger partial charge in [-0.15, -0.1) is 0 Å². The van der Waals surface area contributed by atoms with E-state index < -0.39 is 35.0 Å². The standard InChI is InChI=1S/C16H13F5N2O/c17-12-5-2-6-13(18)15(12)23-14(24)7-8-22-11-4-1-3-10(9-11)16(19,20)21/h1-6,9,22H,7-8H2,(H,23,24). The van der Waals surface area contributed by atoms with E-state index in [4.69, 9.17) is 0 Å². The van der Waals surface area contributed by atoms with Gasteiger partial charge >= 0.3 is 6.18 Å². The third-order valence-electron chi connectivity index (χ3n) is 3.10. The number of carbonyl (C=O) groups is 1. The molecule has 2 rings (SSSR count). The smallest absolute Gasteiger partial charge is 0.385 e. The number of nitrogens with one attached hydrogen (secondary N) is 2. The van der Waals surface area contributed by atoms with Gasteiger partial charge in [-0.3, -0.25) is 4.79 Å². The van der Waals surface area contributed by atoms with Crippen LogP contribution in [-0.4, -0.2) is 12.5 Å². The second-order valence-electron chi connectivity index (χ2n) is 4.90. The van der Waals surface area contributed by atoms with Crippen molar-refractivity contribution in [2.75, 3.05) is 17.2 Å².